The van der Waals surface area contributed by atoms with Crippen molar-refractivity contribution >= 4 is 45.2 Å². The highest BCUT2D eigenvalue weighted by Gasteiger charge is 2.31. The molecule has 2 aromatic carbocycles. The van der Waals surface area contributed by atoms with E-state index in [0.717, 1.165) is 14.9 Å². The van der Waals surface area contributed by atoms with Gasteiger partial charge in [-0.2, -0.15) is 13.2 Å². The number of benzene rings is 2. The molecule has 0 aliphatic carbocycles. The quantitative estimate of drug-likeness (QED) is 0.632. The maximum Gasteiger partial charge on any atom is 0.446 e. The Hall–Kier alpha value is -2.00. The van der Waals surface area contributed by atoms with Crippen molar-refractivity contribution in [3.05, 3.63) is 58.1 Å². The third-order valence-electron chi connectivity index (χ3n) is 3.53. The molecule has 0 fully saturated rings. The van der Waals surface area contributed by atoms with E-state index in [-0.39, 0.29) is 28.8 Å². The number of thioether (sulfide) groups is 1. The lowest BCUT2D eigenvalue weighted by atomic mass is 10.2. The van der Waals surface area contributed by atoms with E-state index < -0.39 is 17.3 Å². The third kappa shape index (κ3) is 6.28. The number of likely N-dealkylation sites (N-methyl/N-ethyl adjacent to an activating group) is 1. The SMILES string of the molecule is Cc1cc(Br)ccc1NC(=O)CN(C)C(=O)c1ccccc1SC(F)(F)F. The van der Waals surface area contributed by atoms with Crippen molar-refractivity contribution < 1.29 is 22.8 Å². The van der Waals surface area contributed by atoms with E-state index in [4.69, 9.17) is 0 Å². The van der Waals surface area contributed by atoms with Gasteiger partial charge in [0.25, 0.3) is 5.91 Å². The van der Waals surface area contributed by atoms with Gasteiger partial charge in [0.1, 0.15) is 0 Å². The average Bonchev–Trinajstić information content (AvgIpc) is 2.56. The second kappa shape index (κ2) is 8.79. The highest BCUT2D eigenvalue weighted by Crippen LogP contribution is 2.38. The summed E-state index contributed by atoms with van der Waals surface area (Å²) < 4.78 is 38.9. The summed E-state index contributed by atoms with van der Waals surface area (Å²) in [6.45, 7) is 1.53. The number of halogens is 4. The van der Waals surface area contributed by atoms with Gasteiger partial charge in [-0.1, -0.05) is 28.1 Å². The molecular weight excluding hydrogens is 445 g/mol. The lowest BCUT2D eigenvalue weighted by Gasteiger charge is -2.19. The van der Waals surface area contributed by atoms with Gasteiger partial charge in [-0.15, -0.1) is 0 Å². The highest BCUT2D eigenvalue weighted by atomic mass is 79.9. The van der Waals surface area contributed by atoms with E-state index in [1.165, 1.54) is 31.3 Å². The molecule has 2 rings (SSSR count). The number of aryl methyl sites for hydroxylation is 1. The van der Waals surface area contributed by atoms with Crippen molar-refractivity contribution in [2.45, 2.75) is 17.3 Å². The Morgan fingerprint density at radius 1 is 1.19 bits per heavy atom. The van der Waals surface area contributed by atoms with E-state index in [1.54, 1.807) is 12.1 Å². The van der Waals surface area contributed by atoms with E-state index in [0.29, 0.717) is 5.69 Å². The van der Waals surface area contributed by atoms with Crippen molar-refractivity contribution in [2.75, 3.05) is 18.9 Å². The van der Waals surface area contributed by atoms with Gasteiger partial charge in [0, 0.05) is 22.1 Å². The molecule has 2 amide bonds. The minimum atomic E-state index is -4.51. The third-order valence-corrected chi connectivity index (χ3v) is 4.83. The molecule has 0 radical (unpaired) electrons. The van der Waals surface area contributed by atoms with Crippen LogP contribution >= 0.6 is 27.7 Å². The second-order valence-electron chi connectivity index (χ2n) is 5.71. The number of hydrogen-bond acceptors (Lipinski definition) is 3. The van der Waals surface area contributed by atoms with Gasteiger partial charge in [-0.05, 0) is 54.6 Å². The number of amides is 2. The molecule has 0 spiro atoms. The molecule has 27 heavy (non-hydrogen) atoms. The Bertz CT molecular complexity index is 859. The van der Waals surface area contributed by atoms with Crippen molar-refractivity contribution in [2.24, 2.45) is 0 Å². The van der Waals surface area contributed by atoms with Crippen LogP contribution in [-0.2, 0) is 4.79 Å². The largest absolute Gasteiger partial charge is 0.446 e. The molecule has 0 aliphatic heterocycles. The van der Waals surface area contributed by atoms with Crippen LogP contribution in [0.5, 0.6) is 0 Å². The van der Waals surface area contributed by atoms with Gasteiger partial charge in [-0.25, -0.2) is 0 Å². The summed E-state index contributed by atoms with van der Waals surface area (Å²) in [5.41, 5.74) is -3.18. The van der Waals surface area contributed by atoms with Gasteiger partial charge < -0.3 is 10.2 Å². The van der Waals surface area contributed by atoms with Gasteiger partial charge in [-0.3, -0.25) is 9.59 Å². The molecule has 0 aliphatic rings. The Morgan fingerprint density at radius 3 is 2.48 bits per heavy atom. The Kier molecular flexibility index (Phi) is 6.94. The molecule has 4 nitrogen and oxygen atoms in total. The van der Waals surface area contributed by atoms with Crippen LogP contribution in [0.4, 0.5) is 18.9 Å². The predicted molar refractivity (Wildman–Crippen MR) is 103 cm³/mol. The second-order valence-corrected chi connectivity index (χ2v) is 7.74. The molecule has 0 heterocycles. The van der Waals surface area contributed by atoms with Crippen molar-refractivity contribution in [3.8, 4) is 0 Å². The highest BCUT2D eigenvalue weighted by molar-refractivity contribution is 9.10. The van der Waals surface area contributed by atoms with Crippen LogP contribution in [0.3, 0.4) is 0 Å². The first kappa shape index (κ1) is 21.3. The molecule has 2 aromatic rings. The number of hydrogen-bond donors (Lipinski definition) is 1. The molecule has 0 aromatic heterocycles. The van der Waals surface area contributed by atoms with E-state index in [1.807, 2.05) is 13.0 Å². The number of anilines is 1. The molecule has 0 atom stereocenters. The van der Waals surface area contributed by atoms with Crippen molar-refractivity contribution in [3.63, 3.8) is 0 Å². The summed E-state index contributed by atoms with van der Waals surface area (Å²) in [5.74, 6) is -1.11. The minimum Gasteiger partial charge on any atom is -0.332 e. The molecule has 0 saturated carbocycles. The van der Waals surface area contributed by atoms with Crippen LogP contribution < -0.4 is 5.32 Å². The van der Waals surface area contributed by atoms with Crippen molar-refractivity contribution in [1.29, 1.82) is 0 Å². The molecule has 1 N–H and O–H groups in total. The zero-order valence-corrected chi connectivity index (χ0v) is 16.8. The van der Waals surface area contributed by atoms with Crippen LogP contribution in [0.1, 0.15) is 15.9 Å². The minimum absolute atomic E-state index is 0.102. The lowest BCUT2D eigenvalue weighted by molar-refractivity contribution is -0.116. The first-order chi connectivity index (χ1) is 12.6. The topological polar surface area (TPSA) is 49.4 Å². The Morgan fingerprint density at radius 2 is 1.85 bits per heavy atom. The number of alkyl halides is 3. The Labute approximate surface area is 167 Å². The van der Waals surface area contributed by atoms with Gasteiger partial charge in [0.2, 0.25) is 5.91 Å². The summed E-state index contributed by atoms with van der Waals surface area (Å²) in [4.78, 5) is 25.6. The van der Waals surface area contributed by atoms with Crippen LogP contribution in [0, 0.1) is 6.92 Å². The smallest absolute Gasteiger partial charge is 0.332 e. The number of carbonyl (C=O) groups excluding carboxylic acids is 2. The lowest BCUT2D eigenvalue weighted by Crippen LogP contribution is -2.35. The van der Waals surface area contributed by atoms with E-state index in [2.05, 4.69) is 21.2 Å². The molecule has 0 bridgehead atoms. The summed E-state index contributed by atoms with van der Waals surface area (Å²) in [5, 5.41) is 2.69. The van der Waals surface area contributed by atoms with Gasteiger partial charge in [0.05, 0.1) is 12.1 Å². The van der Waals surface area contributed by atoms with Crippen LogP contribution in [0.2, 0.25) is 0 Å². The first-order valence-electron chi connectivity index (χ1n) is 7.73. The van der Waals surface area contributed by atoms with Gasteiger partial charge in [0.15, 0.2) is 0 Å². The van der Waals surface area contributed by atoms with E-state index >= 15 is 0 Å². The molecular formula is C18H16BrF3N2O2S. The fraction of sp³-hybridized carbons (Fsp3) is 0.222. The standard InChI is InChI=1S/C18H16BrF3N2O2S/c1-11-9-12(19)7-8-14(11)23-16(25)10-24(2)17(26)13-5-3-4-6-15(13)27-18(20,21)22/h3-9H,10H2,1-2H3,(H,23,25). The molecule has 0 unspecified atom stereocenters. The average molecular weight is 461 g/mol. The maximum atomic E-state index is 12.7. The van der Waals surface area contributed by atoms with Crippen LogP contribution in [0.25, 0.3) is 0 Å². The van der Waals surface area contributed by atoms with E-state index in [9.17, 15) is 22.8 Å². The van der Waals surface area contributed by atoms with Crippen LogP contribution in [-0.4, -0.2) is 35.8 Å². The molecule has 9 heteroatoms. The molecule has 0 saturated heterocycles. The zero-order valence-electron chi connectivity index (χ0n) is 14.4. The normalized spacial score (nSPS) is 11.2. The number of nitrogens with one attached hydrogen (secondary N) is 1. The zero-order chi connectivity index (χ0) is 20.2. The monoisotopic (exact) mass is 460 g/mol. The number of nitrogens with zero attached hydrogens (tertiary/aromatic N) is 1. The summed E-state index contributed by atoms with van der Waals surface area (Å²) >= 11 is 2.97. The fourth-order valence-corrected chi connectivity index (χ4v) is 3.44. The fourth-order valence-electron chi connectivity index (χ4n) is 2.31. The van der Waals surface area contributed by atoms with Gasteiger partial charge >= 0.3 is 5.51 Å². The predicted octanol–water partition coefficient (Wildman–Crippen LogP) is 5.08. The Balaban J connectivity index is 2.08. The maximum absolute atomic E-state index is 12.7. The number of carbonyl (C=O) groups is 2. The van der Waals surface area contributed by atoms with Crippen LogP contribution in [0.15, 0.2) is 51.8 Å². The number of rotatable bonds is 5. The summed E-state index contributed by atoms with van der Waals surface area (Å²) in [7, 11) is 1.37. The molecule has 144 valence electrons. The first-order valence-corrected chi connectivity index (χ1v) is 9.34. The summed E-state index contributed by atoms with van der Waals surface area (Å²) in [6, 6.07) is 10.8. The van der Waals surface area contributed by atoms with Crippen molar-refractivity contribution in [1.82, 2.24) is 4.90 Å². The summed E-state index contributed by atoms with van der Waals surface area (Å²) in [6.07, 6.45) is 0.